The van der Waals surface area contributed by atoms with Gasteiger partial charge in [-0.15, -0.1) is 0 Å². The van der Waals surface area contributed by atoms with E-state index in [9.17, 15) is 4.79 Å². The summed E-state index contributed by atoms with van der Waals surface area (Å²) < 4.78 is 4.57. The van der Waals surface area contributed by atoms with Crippen molar-refractivity contribution in [3.63, 3.8) is 0 Å². The molecule has 0 spiro atoms. The molecule has 0 saturated carbocycles. The Labute approximate surface area is 61.0 Å². The first-order chi connectivity index (χ1) is 4.66. The van der Waals surface area contributed by atoms with Crippen LogP contribution in [0.5, 0.6) is 0 Å². The Hall–Kier alpha value is -0.570. The highest BCUT2D eigenvalue weighted by atomic mass is 16.5. The van der Waals surface area contributed by atoms with Crippen molar-refractivity contribution < 1.29 is 14.6 Å². The summed E-state index contributed by atoms with van der Waals surface area (Å²) in [4.78, 5) is 10.2. The average Bonchev–Trinajstić information content (AvgIpc) is 1.85. The Balaban J connectivity index is 3.21. The number of esters is 1. The Kier molecular flexibility index (Phi) is 4.94. The minimum atomic E-state index is -0.492. The van der Waals surface area contributed by atoms with E-state index in [1.54, 1.807) is 0 Å². The molecule has 0 aromatic carbocycles. The molecule has 0 amide bonds. The van der Waals surface area contributed by atoms with E-state index in [1.165, 1.54) is 6.92 Å². The summed E-state index contributed by atoms with van der Waals surface area (Å²) in [6.45, 7) is 3.43. The van der Waals surface area contributed by atoms with Crippen LogP contribution < -0.4 is 0 Å². The first kappa shape index (κ1) is 9.43. The third-order valence-electron chi connectivity index (χ3n) is 1.10. The summed E-state index contributed by atoms with van der Waals surface area (Å²) in [5.41, 5.74) is 0. The van der Waals surface area contributed by atoms with E-state index in [1.807, 2.05) is 6.92 Å². The van der Waals surface area contributed by atoms with E-state index in [2.05, 4.69) is 4.74 Å². The zero-order valence-electron chi connectivity index (χ0n) is 6.46. The molecular formula is C7H14O3. The number of rotatable bonds is 4. The molecule has 10 heavy (non-hydrogen) atoms. The van der Waals surface area contributed by atoms with Crippen LogP contribution in [0.4, 0.5) is 0 Å². The lowest BCUT2D eigenvalue weighted by atomic mass is 10.2. The maximum Gasteiger partial charge on any atom is 0.302 e. The predicted octanol–water partition coefficient (Wildman–Crippen LogP) is 0.710. The number of aliphatic hydroxyl groups is 1. The van der Waals surface area contributed by atoms with Crippen molar-refractivity contribution in [2.45, 2.75) is 32.8 Å². The van der Waals surface area contributed by atoms with Crippen molar-refractivity contribution in [2.24, 2.45) is 0 Å². The summed E-state index contributed by atoms with van der Waals surface area (Å²) in [6, 6.07) is 0. The topological polar surface area (TPSA) is 46.5 Å². The van der Waals surface area contributed by atoms with Crippen LogP contribution in [-0.2, 0) is 9.53 Å². The van der Waals surface area contributed by atoms with E-state index in [-0.39, 0.29) is 12.6 Å². The van der Waals surface area contributed by atoms with Crippen LogP contribution in [0.2, 0.25) is 0 Å². The summed E-state index contributed by atoms with van der Waals surface area (Å²) in [5, 5.41) is 9.02. The summed E-state index contributed by atoms with van der Waals surface area (Å²) in [6.07, 6.45) is 1.10. The molecule has 1 atom stereocenters. The van der Waals surface area contributed by atoms with E-state index in [0.29, 0.717) is 6.42 Å². The molecule has 0 aliphatic carbocycles. The average molecular weight is 146 g/mol. The normalized spacial score (nSPS) is 12.7. The quantitative estimate of drug-likeness (QED) is 0.594. The highest BCUT2D eigenvalue weighted by Crippen LogP contribution is 1.95. The van der Waals surface area contributed by atoms with Gasteiger partial charge in [0.15, 0.2) is 0 Å². The summed E-state index contributed by atoms with van der Waals surface area (Å²) in [5.74, 6) is -0.338. The zero-order chi connectivity index (χ0) is 7.98. The lowest BCUT2D eigenvalue weighted by Gasteiger charge is -2.07. The van der Waals surface area contributed by atoms with E-state index < -0.39 is 6.10 Å². The van der Waals surface area contributed by atoms with Gasteiger partial charge in [0.1, 0.15) is 6.61 Å². The van der Waals surface area contributed by atoms with E-state index in [0.717, 1.165) is 6.42 Å². The van der Waals surface area contributed by atoms with Crippen LogP contribution in [0.1, 0.15) is 26.7 Å². The van der Waals surface area contributed by atoms with Gasteiger partial charge in [0.05, 0.1) is 6.10 Å². The fourth-order valence-corrected chi connectivity index (χ4v) is 0.630. The lowest BCUT2D eigenvalue weighted by molar-refractivity contribution is -0.144. The maximum atomic E-state index is 10.2. The molecule has 3 nitrogen and oxygen atoms in total. The molecule has 0 bridgehead atoms. The number of hydrogen-bond donors (Lipinski definition) is 1. The third-order valence-corrected chi connectivity index (χ3v) is 1.10. The fraction of sp³-hybridized carbons (Fsp3) is 0.857. The molecule has 0 aromatic rings. The molecule has 0 radical (unpaired) electrons. The van der Waals surface area contributed by atoms with Crippen molar-refractivity contribution in [2.75, 3.05) is 6.61 Å². The van der Waals surface area contributed by atoms with Crippen LogP contribution >= 0.6 is 0 Å². The van der Waals surface area contributed by atoms with Crippen molar-refractivity contribution in [1.82, 2.24) is 0 Å². The maximum absolute atomic E-state index is 10.2. The number of ether oxygens (including phenoxy) is 1. The smallest absolute Gasteiger partial charge is 0.302 e. The second-order valence-corrected chi connectivity index (χ2v) is 2.25. The van der Waals surface area contributed by atoms with Crippen molar-refractivity contribution in [3.05, 3.63) is 0 Å². The van der Waals surface area contributed by atoms with Gasteiger partial charge >= 0.3 is 5.97 Å². The van der Waals surface area contributed by atoms with Gasteiger partial charge in [-0.05, 0) is 6.42 Å². The van der Waals surface area contributed by atoms with Crippen LogP contribution in [0.25, 0.3) is 0 Å². The zero-order valence-corrected chi connectivity index (χ0v) is 6.46. The lowest BCUT2D eigenvalue weighted by Crippen LogP contribution is -2.16. The molecule has 0 aliphatic heterocycles. The van der Waals surface area contributed by atoms with E-state index >= 15 is 0 Å². The van der Waals surface area contributed by atoms with Crippen molar-refractivity contribution >= 4 is 5.97 Å². The van der Waals surface area contributed by atoms with Gasteiger partial charge in [0.2, 0.25) is 0 Å². The minimum absolute atomic E-state index is 0.128. The van der Waals surface area contributed by atoms with Gasteiger partial charge in [-0.1, -0.05) is 13.3 Å². The molecular weight excluding hydrogens is 132 g/mol. The second kappa shape index (κ2) is 5.23. The largest absolute Gasteiger partial charge is 0.463 e. The molecule has 0 rings (SSSR count). The minimum Gasteiger partial charge on any atom is -0.463 e. The first-order valence-corrected chi connectivity index (χ1v) is 3.48. The Bertz CT molecular complexity index is 101. The standard InChI is InChI=1S/C7H14O3/c1-3-4-7(9)5-10-6(2)8/h7,9H,3-5H2,1-2H3. The fourth-order valence-electron chi connectivity index (χ4n) is 0.630. The van der Waals surface area contributed by atoms with Crippen molar-refractivity contribution in [1.29, 1.82) is 0 Å². The van der Waals surface area contributed by atoms with Gasteiger partial charge in [-0.3, -0.25) is 4.79 Å². The Morgan fingerprint density at radius 2 is 2.30 bits per heavy atom. The van der Waals surface area contributed by atoms with Crippen LogP contribution in [-0.4, -0.2) is 23.8 Å². The molecule has 1 N–H and O–H groups in total. The van der Waals surface area contributed by atoms with Gasteiger partial charge in [0.25, 0.3) is 0 Å². The monoisotopic (exact) mass is 146 g/mol. The molecule has 0 aromatic heterocycles. The van der Waals surface area contributed by atoms with Crippen LogP contribution in [0, 0.1) is 0 Å². The molecule has 0 fully saturated rings. The number of carbonyl (C=O) groups is 1. The van der Waals surface area contributed by atoms with Crippen LogP contribution in [0.3, 0.4) is 0 Å². The number of hydrogen-bond acceptors (Lipinski definition) is 3. The molecule has 0 saturated heterocycles. The van der Waals surface area contributed by atoms with Crippen LogP contribution in [0.15, 0.2) is 0 Å². The Morgan fingerprint density at radius 1 is 1.70 bits per heavy atom. The molecule has 0 heterocycles. The molecule has 3 heteroatoms. The summed E-state index contributed by atoms with van der Waals surface area (Å²) in [7, 11) is 0. The molecule has 1 unspecified atom stereocenters. The molecule has 0 aliphatic rings. The number of aliphatic hydroxyl groups excluding tert-OH is 1. The number of carbonyl (C=O) groups excluding carboxylic acids is 1. The highest BCUT2D eigenvalue weighted by Gasteiger charge is 2.03. The second-order valence-electron chi connectivity index (χ2n) is 2.25. The Morgan fingerprint density at radius 3 is 2.70 bits per heavy atom. The van der Waals surface area contributed by atoms with Crippen molar-refractivity contribution in [3.8, 4) is 0 Å². The SMILES string of the molecule is CCCC(O)COC(C)=O. The third kappa shape index (κ3) is 5.56. The summed E-state index contributed by atoms with van der Waals surface area (Å²) >= 11 is 0. The van der Waals surface area contributed by atoms with Gasteiger partial charge in [-0.25, -0.2) is 0 Å². The highest BCUT2D eigenvalue weighted by molar-refractivity contribution is 5.65. The first-order valence-electron chi connectivity index (χ1n) is 3.48. The van der Waals surface area contributed by atoms with Gasteiger partial charge in [0, 0.05) is 6.92 Å². The van der Waals surface area contributed by atoms with Gasteiger partial charge < -0.3 is 9.84 Å². The van der Waals surface area contributed by atoms with Gasteiger partial charge in [-0.2, -0.15) is 0 Å². The van der Waals surface area contributed by atoms with E-state index in [4.69, 9.17) is 5.11 Å². The molecule has 60 valence electrons. The predicted molar refractivity (Wildman–Crippen MR) is 37.5 cm³/mol.